The van der Waals surface area contributed by atoms with Crippen LogP contribution in [0.25, 0.3) is 0 Å². The molecule has 0 aliphatic carbocycles. The Morgan fingerprint density at radius 1 is 1.32 bits per heavy atom. The van der Waals surface area contributed by atoms with Crippen molar-refractivity contribution in [1.29, 1.82) is 0 Å². The molecule has 1 aromatic carbocycles. The Balaban J connectivity index is 1.68. The molecule has 0 atom stereocenters. The Hall–Kier alpha value is -2.08. The van der Waals surface area contributed by atoms with Crippen molar-refractivity contribution in [3.8, 4) is 0 Å². The van der Waals surface area contributed by atoms with Gasteiger partial charge in [-0.2, -0.15) is 0 Å². The second-order valence-corrected chi connectivity index (χ2v) is 6.00. The fourth-order valence-corrected chi connectivity index (χ4v) is 2.77. The number of amides is 1. The van der Waals surface area contributed by atoms with E-state index in [-0.39, 0.29) is 11.5 Å². The van der Waals surface area contributed by atoms with E-state index < -0.39 is 0 Å². The first-order valence-electron chi connectivity index (χ1n) is 7.12. The standard InChI is InChI=1S/C16H19N3O2S/c1-13-11-17-12-19(16(13)21)9-8-18-15(20)7-10-22-14-5-3-2-4-6-14/h2-6,11-12H,7-10H2,1H3,(H,18,20). The third-order valence-electron chi connectivity index (χ3n) is 3.09. The molecule has 0 fully saturated rings. The van der Waals surface area contributed by atoms with Gasteiger partial charge in [0.25, 0.3) is 5.56 Å². The van der Waals surface area contributed by atoms with Crippen molar-refractivity contribution in [3.63, 3.8) is 0 Å². The summed E-state index contributed by atoms with van der Waals surface area (Å²) in [6.07, 6.45) is 3.49. The molecule has 1 amide bonds. The second-order valence-electron chi connectivity index (χ2n) is 4.84. The average molecular weight is 317 g/mol. The molecule has 0 saturated heterocycles. The Morgan fingerprint density at radius 3 is 2.86 bits per heavy atom. The summed E-state index contributed by atoms with van der Waals surface area (Å²) in [7, 11) is 0. The molecule has 0 bridgehead atoms. The van der Waals surface area contributed by atoms with Gasteiger partial charge in [0.2, 0.25) is 5.91 Å². The molecule has 0 radical (unpaired) electrons. The van der Waals surface area contributed by atoms with E-state index in [4.69, 9.17) is 0 Å². The Morgan fingerprint density at radius 2 is 2.09 bits per heavy atom. The predicted molar refractivity (Wildman–Crippen MR) is 88.0 cm³/mol. The first kappa shape index (κ1) is 16.3. The number of carbonyl (C=O) groups excluding carboxylic acids is 1. The van der Waals surface area contributed by atoms with Crippen molar-refractivity contribution < 1.29 is 4.79 Å². The number of rotatable bonds is 7. The molecule has 0 aliphatic rings. The van der Waals surface area contributed by atoms with E-state index in [1.165, 1.54) is 17.1 Å². The van der Waals surface area contributed by atoms with Gasteiger partial charge in [-0.1, -0.05) is 18.2 Å². The van der Waals surface area contributed by atoms with Crippen molar-refractivity contribution >= 4 is 17.7 Å². The van der Waals surface area contributed by atoms with Gasteiger partial charge in [0.1, 0.15) is 0 Å². The highest BCUT2D eigenvalue weighted by Gasteiger charge is 2.03. The summed E-state index contributed by atoms with van der Waals surface area (Å²) < 4.78 is 1.51. The van der Waals surface area contributed by atoms with Gasteiger partial charge in [-0.3, -0.25) is 14.2 Å². The molecule has 22 heavy (non-hydrogen) atoms. The molecule has 0 aliphatic heterocycles. The largest absolute Gasteiger partial charge is 0.354 e. The summed E-state index contributed by atoms with van der Waals surface area (Å²) in [5.41, 5.74) is 0.539. The maximum Gasteiger partial charge on any atom is 0.256 e. The van der Waals surface area contributed by atoms with Crippen LogP contribution >= 0.6 is 11.8 Å². The monoisotopic (exact) mass is 317 g/mol. The molecule has 0 unspecified atom stereocenters. The lowest BCUT2D eigenvalue weighted by Gasteiger charge is -2.07. The maximum absolute atomic E-state index is 11.8. The third-order valence-corrected chi connectivity index (χ3v) is 4.10. The molecule has 2 aromatic rings. The molecule has 0 saturated carbocycles. The van der Waals surface area contributed by atoms with Gasteiger partial charge in [0.05, 0.1) is 6.33 Å². The van der Waals surface area contributed by atoms with Gasteiger partial charge in [-0.25, -0.2) is 4.98 Å². The molecule has 1 N–H and O–H groups in total. The number of carbonyl (C=O) groups is 1. The lowest BCUT2D eigenvalue weighted by molar-refractivity contribution is -0.120. The minimum Gasteiger partial charge on any atom is -0.354 e. The van der Waals surface area contributed by atoms with Crippen LogP contribution in [0.4, 0.5) is 0 Å². The van der Waals surface area contributed by atoms with Crippen LogP contribution in [0.15, 0.2) is 52.5 Å². The first-order valence-corrected chi connectivity index (χ1v) is 8.11. The third kappa shape index (κ3) is 5.04. The highest BCUT2D eigenvalue weighted by molar-refractivity contribution is 7.99. The summed E-state index contributed by atoms with van der Waals surface area (Å²) in [5, 5.41) is 2.82. The molecular weight excluding hydrogens is 298 g/mol. The van der Waals surface area contributed by atoms with Crippen molar-refractivity contribution in [2.24, 2.45) is 0 Å². The summed E-state index contributed by atoms with van der Waals surface area (Å²) in [6, 6.07) is 9.99. The zero-order valence-electron chi connectivity index (χ0n) is 12.5. The van der Waals surface area contributed by atoms with E-state index in [0.717, 1.165) is 10.6 Å². The Labute approximate surface area is 133 Å². The lowest BCUT2D eigenvalue weighted by Crippen LogP contribution is -2.31. The van der Waals surface area contributed by atoms with Crippen LogP contribution in [0, 0.1) is 6.92 Å². The number of nitrogens with one attached hydrogen (secondary N) is 1. The van der Waals surface area contributed by atoms with Crippen molar-refractivity contribution in [3.05, 3.63) is 58.8 Å². The maximum atomic E-state index is 11.8. The smallest absolute Gasteiger partial charge is 0.256 e. The fraction of sp³-hybridized carbons (Fsp3) is 0.312. The second kappa shape index (κ2) is 8.38. The highest BCUT2D eigenvalue weighted by Crippen LogP contribution is 2.17. The topological polar surface area (TPSA) is 64.0 Å². The van der Waals surface area contributed by atoms with Gasteiger partial charge in [0.15, 0.2) is 0 Å². The molecule has 1 aromatic heterocycles. The minimum atomic E-state index is -0.0658. The van der Waals surface area contributed by atoms with E-state index in [0.29, 0.717) is 25.1 Å². The number of hydrogen-bond acceptors (Lipinski definition) is 4. The van der Waals surface area contributed by atoms with Crippen molar-refractivity contribution in [2.45, 2.75) is 24.8 Å². The molecule has 6 heteroatoms. The lowest BCUT2D eigenvalue weighted by atomic mass is 10.4. The van der Waals surface area contributed by atoms with Crippen LogP contribution in [-0.2, 0) is 11.3 Å². The van der Waals surface area contributed by atoms with E-state index in [1.807, 2.05) is 30.3 Å². The first-order chi connectivity index (χ1) is 10.7. The average Bonchev–Trinajstić information content (AvgIpc) is 2.52. The number of benzene rings is 1. The SMILES string of the molecule is Cc1cncn(CCNC(=O)CCSc2ccccc2)c1=O. The van der Waals surface area contributed by atoms with Crippen LogP contribution < -0.4 is 10.9 Å². The fourth-order valence-electron chi connectivity index (χ4n) is 1.90. The van der Waals surface area contributed by atoms with E-state index in [9.17, 15) is 9.59 Å². The van der Waals surface area contributed by atoms with Gasteiger partial charge in [0, 0.05) is 41.9 Å². The number of aromatic nitrogens is 2. The molecule has 1 heterocycles. The Kier molecular flexibility index (Phi) is 6.21. The Bertz CT molecular complexity index is 671. The van der Waals surface area contributed by atoms with Crippen LogP contribution in [0.1, 0.15) is 12.0 Å². The van der Waals surface area contributed by atoms with Crippen molar-refractivity contribution in [1.82, 2.24) is 14.9 Å². The molecule has 5 nitrogen and oxygen atoms in total. The zero-order valence-corrected chi connectivity index (χ0v) is 13.3. The number of aryl methyl sites for hydroxylation is 1. The summed E-state index contributed by atoms with van der Waals surface area (Å²) >= 11 is 1.66. The molecular formula is C16H19N3O2S. The molecule has 116 valence electrons. The summed E-state index contributed by atoms with van der Waals surface area (Å²) in [6.45, 7) is 2.59. The van der Waals surface area contributed by atoms with Gasteiger partial charge in [-0.05, 0) is 19.1 Å². The number of thioether (sulfide) groups is 1. The molecule has 0 spiro atoms. The quantitative estimate of drug-likeness (QED) is 0.792. The van der Waals surface area contributed by atoms with Gasteiger partial charge >= 0.3 is 0 Å². The van der Waals surface area contributed by atoms with E-state index in [1.54, 1.807) is 18.7 Å². The minimum absolute atomic E-state index is 0.00269. The van der Waals surface area contributed by atoms with E-state index in [2.05, 4.69) is 10.3 Å². The normalized spacial score (nSPS) is 10.4. The zero-order chi connectivity index (χ0) is 15.8. The van der Waals surface area contributed by atoms with Gasteiger partial charge < -0.3 is 5.32 Å². The van der Waals surface area contributed by atoms with Crippen LogP contribution in [0.3, 0.4) is 0 Å². The van der Waals surface area contributed by atoms with Crippen LogP contribution in [0.5, 0.6) is 0 Å². The predicted octanol–water partition coefficient (Wildman–Crippen LogP) is 1.85. The van der Waals surface area contributed by atoms with Crippen molar-refractivity contribution in [2.75, 3.05) is 12.3 Å². The highest BCUT2D eigenvalue weighted by atomic mass is 32.2. The summed E-state index contributed by atoms with van der Waals surface area (Å²) in [4.78, 5) is 28.7. The van der Waals surface area contributed by atoms with Crippen LogP contribution in [0.2, 0.25) is 0 Å². The number of hydrogen-bond donors (Lipinski definition) is 1. The van der Waals surface area contributed by atoms with E-state index >= 15 is 0 Å². The van der Waals surface area contributed by atoms with Gasteiger partial charge in [-0.15, -0.1) is 11.8 Å². The van der Waals surface area contributed by atoms with Crippen LogP contribution in [-0.4, -0.2) is 27.8 Å². The number of nitrogens with zero attached hydrogens (tertiary/aromatic N) is 2. The molecule has 2 rings (SSSR count). The summed E-state index contributed by atoms with van der Waals surface area (Å²) in [5.74, 6) is 0.735.